The van der Waals surface area contributed by atoms with Crippen LogP contribution in [0.15, 0.2) is 35.1 Å². The molecule has 2 aliphatic heterocycles. The second-order valence-corrected chi connectivity index (χ2v) is 8.21. The largest absolute Gasteiger partial charge is 0.376 e. The van der Waals surface area contributed by atoms with E-state index in [4.69, 9.17) is 4.74 Å². The van der Waals surface area contributed by atoms with Gasteiger partial charge in [-0.3, -0.25) is 4.79 Å². The van der Waals surface area contributed by atoms with Gasteiger partial charge in [0.05, 0.1) is 6.10 Å². The van der Waals surface area contributed by atoms with Gasteiger partial charge in [0, 0.05) is 38.0 Å². The molecule has 0 aliphatic carbocycles. The molecule has 9 heteroatoms. The fourth-order valence-corrected chi connectivity index (χ4v) is 4.34. The fourth-order valence-electron chi connectivity index (χ4n) is 4.34. The molecule has 1 unspecified atom stereocenters. The number of carbonyl (C=O) groups excluding carboxylic acids is 1. The third-order valence-corrected chi connectivity index (χ3v) is 5.94. The molecule has 0 radical (unpaired) electrons. The second-order valence-electron chi connectivity index (χ2n) is 8.21. The molecule has 1 amide bonds. The number of hydrogen-bond acceptors (Lipinski definition) is 6. The van der Waals surface area contributed by atoms with Crippen molar-refractivity contribution in [3.05, 3.63) is 57.6 Å². The van der Waals surface area contributed by atoms with Crippen molar-refractivity contribution in [1.29, 1.82) is 0 Å². The first-order valence-corrected chi connectivity index (χ1v) is 10.8. The van der Waals surface area contributed by atoms with Crippen molar-refractivity contribution in [1.82, 2.24) is 24.5 Å². The topological polar surface area (TPSA) is 93.8 Å². The van der Waals surface area contributed by atoms with E-state index in [1.165, 1.54) is 20.2 Å². The van der Waals surface area contributed by atoms with Crippen LogP contribution < -0.4 is 15.9 Å². The maximum absolute atomic E-state index is 13.1. The van der Waals surface area contributed by atoms with E-state index in [1.54, 1.807) is 6.07 Å². The van der Waals surface area contributed by atoms with E-state index in [9.17, 15) is 9.59 Å². The number of benzene rings is 1. The third kappa shape index (κ3) is 3.93. The molecule has 2 aromatic heterocycles. The van der Waals surface area contributed by atoms with Gasteiger partial charge in [-0.15, -0.1) is 5.10 Å². The molecule has 0 bridgehead atoms. The van der Waals surface area contributed by atoms with Gasteiger partial charge in [0.25, 0.3) is 0 Å². The number of carbonyl (C=O) groups is 1. The summed E-state index contributed by atoms with van der Waals surface area (Å²) in [7, 11) is 0. The Kier molecular flexibility index (Phi) is 5.19. The van der Waals surface area contributed by atoms with Crippen molar-refractivity contribution >= 4 is 17.5 Å². The summed E-state index contributed by atoms with van der Waals surface area (Å²) in [6, 6.07) is 10.1. The minimum absolute atomic E-state index is 0.0576. The summed E-state index contributed by atoms with van der Waals surface area (Å²) in [5.74, 6) is 0.319. The molecule has 1 aromatic carbocycles. The molecule has 1 atom stereocenters. The fraction of sp³-hybridized carbons (Fsp3) is 0.455. The molecule has 0 spiro atoms. The Morgan fingerprint density at radius 2 is 2.13 bits per heavy atom. The Bertz CT molecular complexity index is 1180. The van der Waals surface area contributed by atoms with E-state index < -0.39 is 0 Å². The zero-order valence-corrected chi connectivity index (χ0v) is 17.6. The van der Waals surface area contributed by atoms with Crippen LogP contribution in [0.3, 0.4) is 0 Å². The molecule has 4 heterocycles. The van der Waals surface area contributed by atoms with Crippen LogP contribution in [0.25, 0.3) is 5.65 Å². The second kappa shape index (κ2) is 8.14. The molecule has 5 rings (SSSR count). The van der Waals surface area contributed by atoms with Gasteiger partial charge in [-0.1, -0.05) is 24.3 Å². The summed E-state index contributed by atoms with van der Waals surface area (Å²) >= 11 is 0. The number of hydrogen-bond donors (Lipinski definition) is 1. The number of amides is 1. The minimum atomic E-state index is -0.358. The Balaban J connectivity index is 1.41. The Morgan fingerprint density at radius 3 is 2.94 bits per heavy atom. The van der Waals surface area contributed by atoms with E-state index in [0.29, 0.717) is 24.7 Å². The van der Waals surface area contributed by atoms with Crippen molar-refractivity contribution in [2.45, 2.75) is 45.4 Å². The van der Waals surface area contributed by atoms with Gasteiger partial charge in [-0.2, -0.15) is 0 Å². The van der Waals surface area contributed by atoms with Crippen molar-refractivity contribution in [3.8, 4) is 0 Å². The monoisotopic (exact) mass is 422 g/mol. The van der Waals surface area contributed by atoms with Crippen LogP contribution in [0.4, 0.5) is 5.95 Å². The predicted octanol–water partition coefficient (Wildman–Crippen LogP) is 1.06. The van der Waals surface area contributed by atoms with Crippen LogP contribution in [-0.4, -0.2) is 50.9 Å². The average molecular weight is 422 g/mol. The average Bonchev–Trinajstić information content (AvgIpc) is 3.40. The quantitative estimate of drug-likeness (QED) is 0.661. The number of nitrogens with zero attached hydrogens (tertiary/aromatic N) is 5. The van der Waals surface area contributed by atoms with E-state index in [0.717, 1.165) is 38.1 Å². The zero-order valence-electron chi connectivity index (χ0n) is 17.6. The number of aromatic nitrogens is 4. The van der Waals surface area contributed by atoms with Crippen LogP contribution >= 0.6 is 0 Å². The number of nitrogens with one attached hydrogen (secondary N) is 1. The van der Waals surface area contributed by atoms with Gasteiger partial charge in [0.2, 0.25) is 11.9 Å². The first-order chi connectivity index (χ1) is 15.1. The molecular formula is C22H26N6O3. The van der Waals surface area contributed by atoms with Crippen molar-refractivity contribution in [2.24, 2.45) is 0 Å². The van der Waals surface area contributed by atoms with Gasteiger partial charge < -0.3 is 15.0 Å². The van der Waals surface area contributed by atoms with Crippen LogP contribution in [0.5, 0.6) is 0 Å². The van der Waals surface area contributed by atoms with Gasteiger partial charge in [-0.25, -0.2) is 18.9 Å². The highest BCUT2D eigenvalue weighted by molar-refractivity contribution is 5.75. The van der Waals surface area contributed by atoms with Crippen LogP contribution in [0, 0.1) is 6.92 Å². The normalized spacial score (nSPS) is 18.4. The summed E-state index contributed by atoms with van der Waals surface area (Å²) in [5.41, 5.74) is 3.48. The van der Waals surface area contributed by atoms with Crippen LogP contribution in [-0.2, 0) is 29.0 Å². The van der Waals surface area contributed by atoms with E-state index in [-0.39, 0.29) is 24.2 Å². The lowest BCUT2D eigenvalue weighted by Gasteiger charge is -2.29. The standard InChI is InChI=1S/C22H26N6O3/c1-15-11-19-25-27(14-20(29)23-12-18-7-4-10-31-18)22(30)28(19)21(24-15)26-9-8-16-5-2-3-6-17(16)13-26/h2-3,5-6,11,18H,4,7-10,12-14H2,1H3,(H,23,29). The molecule has 1 saturated heterocycles. The number of ether oxygens (including phenoxy) is 1. The Morgan fingerprint density at radius 1 is 1.29 bits per heavy atom. The van der Waals surface area contributed by atoms with Crippen molar-refractivity contribution in [2.75, 3.05) is 24.6 Å². The Labute approximate surface area is 179 Å². The van der Waals surface area contributed by atoms with E-state index in [1.807, 2.05) is 13.0 Å². The molecular weight excluding hydrogens is 396 g/mol. The number of rotatable bonds is 5. The molecule has 162 valence electrons. The summed E-state index contributed by atoms with van der Waals surface area (Å²) in [6.45, 7) is 4.40. The molecule has 1 fully saturated rings. The zero-order chi connectivity index (χ0) is 21.4. The molecule has 9 nitrogen and oxygen atoms in total. The third-order valence-electron chi connectivity index (χ3n) is 5.94. The van der Waals surface area contributed by atoms with Crippen molar-refractivity contribution in [3.63, 3.8) is 0 Å². The molecule has 31 heavy (non-hydrogen) atoms. The number of fused-ring (bicyclic) bond motifs is 2. The molecule has 3 aromatic rings. The highest BCUT2D eigenvalue weighted by Gasteiger charge is 2.23. The summed E-state index contributed by atoms with van der Waals surface area (Å²) in [4.78, 5) is 32.3. The molecule has 2 aliphatic rings. The van der Waals surface area contributed by atoms with E-state index >= 15 is 0 Å². The van der Waals surface area contributed by atoms with Crippen LogP contribution in [0.1, 0.15) is 29.7 Å². The summed E-state index contributed by atoms with van der Waals surface area (Å²) < 4.78 is 8.25. The van der Waals surface area contributed by atoms with Crippen molar-refractivity contribution < 1.29 is 9.53 Å². The van der Waals surface area contributed by atoms with Crippen LogP contribution in [0.2, 0.25) is 0 Å². The smallest absolute Gasteiger partial charge is 0.353 e. The first kappa shape index (κ1) is 19.7. The highest BCUT2D eigenvalue weighted by atomic mass is 16.5. The van der Waals surface area contributed by atoms with Gasteiger partial charge in [0.15, 0.2) is 5.65 Å². The lowest BCUT2D eigenvalue weighted by molar-refractivity contribution is -0.122. The van der Waals surface area contributed by atoms with Gasteiger partial charge >= 0.3 is 5.69 Å². The minimum Gasteiger partial charge on any atom is -0.376 e. The first-order valence-electron chi connectivity index (χ1n) is 10.8. The molecule has 1 N–H and O–H groups in total. The number of aryl methyl sites for hydroxylation is 1. The summed E-state index contributed by atoms with van der Waals surface area (Å²) in [5, 5.41) is 7.25. The summed E-state index contributed by atoms with van der Waals surface area (Å²) in [6.07, 6.45) is 2.91. The lowest BCUT2D eigenvalue weighted by atomic mass is 10.0. The van der Waals surface area contributed by atoms with E-state index in [2.05, 4.69) is 38.5 Å². The SMILES string of the molecule is Cc1cc2nn(CC(=O)NCC3CCCO3)c(=O)n2c(N2CCc3ccccc3C2)n1. The number of anilines is 1. The maximum atomic E-state index is 13.1. The van der Waals surface area contributed by atoms with Gasteiger partial charge in [-0.05, 0) is 37.3 Å². The predicted molar refractivity (Wildman–Crippen MR) is 115 cm³/mol. The lowest BCUT2D eigenvalue weighted by Crippen LogP contribution is -2.38. The Hall–Kier alpha value is -3.20. The van der Waals surface area contributed by atoms with Gasteiger partial charge in [0.1, 0.15) is 6.54 Å². The molecule has 0 saturated carbocycles. The highest BCUT2D eigenvalue weighted by Crippen LogP contribution is 2.23. The maximum Gasteiger partial charge on any atom is 0.353 e.